The molecule has 0 saturated heterocycles. The van der Waals surface area contributed by atoms with Gasteiger partial charge in [0.1, 0.15) is 4.88 Å². The van der Waals surface area contributed by atoms with Crippen molar-refractivity contribution in [1.82, 2.24) is 10.6 Å². The number of carbonyl (C=O) groups excluding carboxylic acids is 1. The van der Waals surface area contributed by atoms with Gasteiger partial charge in [0, 0.05) is 27.7 Å². The van der Waals surface area contributed by atoms with Crippen LogP contribution in [0.25, 0.3) is 10.1 Å². The molecule has 0 aliphatic rings. The Bertz CT molecular complexity index is 615. The first-order valence-electron chi connectivity index (χ1n) is 5.86. The Morgan fingerprint density at radius 1 is 1.40 bits per heavy atom. The van der Waals surface area contributed by atoms with Gasteiger partial charge in [0.05, 0.1) is 5.02 Å². The zero-order valence-corrected chi connectivity index (χ0v) is 14.1. The SMILES string of the molecule is CNC(C)CNC(=O)c1sc2cc(Cl)ccc2c1Cl.Cl. The number of halogens is 3. The average molecular weight is 354 g/mol. The van der Waals surface area contributed by atoms with Crippen molar-refractivity contribution in [2.45, 2.75) is 13.0 Å². The van der Waals surface area contributed by atoms with E-state index < -0.39 is 0 Å². The van der Waals surface area contributed by atoms with Crippen LogP contribution in [0.15, 0.2) is 18.2 Å². The first kappa shape index (κ1) is 17.5. The fourth-order valence-electron chi connectivity index (χ4n) is 1.61. The van der Waals surface area contributed by atoms with Crippen LogP contribution in [-0.4, -0.2) is 25.5 Å². The summed E-state index contributed by atoms with van der Waals surface area (Å²) < 4.78 is 0.921. The van der Waals surface area contributed by atoms with Crippen LogP contribution in [-0.2, 0) is 0 Å². The number of hydrogen-bond acceptors (Lipinski definition) is 3. The van der Waals surface area contributed by atoms with E-state index in [2.05, 4.69) is 10.6 Å². The van der Waals surface area contributed by atoms with E-state index >= 15 is 0 Å². The average Bonchev–Trinajstić information content (AvgIpc) is 2.72. The highest BCUT2D eigenvalue weighted by Crippen LogP contribution is 2.36. The van der Waals surface area contributed by atoms with Crippen molar-refractivity contribution in [3.05, 3.63) is 33.1 Å². The van der Waals surface area contributed by atoms with Gasteiger partial charge >= 0.3 is 0 Å². The van der Waals surface area contributed by atoms with Gasteiger partial charge in [0.25, 0.3) is 5.91 Å². The van der Waals surface area contributed by atoms with Crippen molar-refractivity contribution in [1.29, 1.82) is 0 Å². The molecule has 0 aliphatic carbocycles. The van der Waals surface area contributed by atoms with Gasteiger partial charge in [-0.15, -0.1) is 23.7 Å². The summed E-state index contributed by atoms with van der Waals surface area (Å²) in [7, 11) is 1.85. The van der Waals surface area contributed by atoms with Gasteiger partial charge in [0.2, 0.25) is 0 Å². The summed E-state index contributed by atoms with van der Waals surface area (Å²) in [5.74, 6) is -0.149. The third-order valence-corrected chi connectivity index (χ3v) is 4.75. The number of fused-ring (bicyclic) bond motifs is 1. The lowest BCUT2D eigenvalue weighted by molar-refractivity contribution is 0.0955. The predicted octanol–water partition coefficient (Wildman–Crippen LogP) is 3.97. The standard InChI is InChI=1S/C13H14Cl2N2OS.ClH/c1-7(16-2)6-17-13(18)12-11(15)9-4-3-8(14)5-10(9)19-12;/h3-5,7,16H,6H2,1-2H3,(H,17,18);1H. The van der Waals surface area contributed by atoms with Crippen LogP contribution in [0.5, 0.6) is 0 Å². The second kappa shape index (κ2) is 7.48. The number of rotatable bonds is 4. The van der Waals surface area contributed by atoms with Crippen LogP contribution in [0.1, 0.15) is 16.6 Å². The molecule has 0 fully saturated rings. The highest BCUT2D eigenvalue weighted by molar-refractivity contribution is 7.21. The van der Waals surface area contributed by atoms with E-state index in [4.69, 9.17) is 23.2 Å². The highest BCUT2D eigenvalue weighted by Gasteiger charge is 2.17. The van der Waals surface area contributed by atoms with Gasteiger partial charge < -0.3 is 10.6 Å². The zero-order valence-electron chi connectivity index (χ0n) is 11.0. The predicted molar refractivity (Wildman–Crippen MR) is 89.9 cm³/mol. The van der Waals surface area contributed by atoms with Gasteiger partial charge in [-0.25, -0.2) is 0 Å². The van der Waals surface area contributed by atoms with Gasteiger partial charge in [-0.3, -0.25) is 4.79 Å². The number of benzene rings is 1. The Morgan fingerprint density at radius 2 is 2.10 bits per heavy atom. The van der Waals surface area contributed by atoms with Crippen LogP contribution in [0.3, 0.4) is 0 Å². The van der Waals surface area contributed by atoms with E-state index in [1.54, 1.807) is 6.07 Å². The van der Waals surface area contributed by atoms with Gasteiger partial charge in [-0.2, -0.15) is 0 Å². The first-order chi connectivity index (χ1) is 9.02. The molecule has 0 bridgehead atoms. The molecule has 1 atom stereocenters. The Morgan fingerprint density at radius 3 is 2.75 bits per heavy atom. The minimum absolute atomic E-state index is 0. The fraction of sp³-hybridized carbons (Fsp3) is 0.308. The molecule has 0 aliphatic heterocycles. The Kier molecular flexibility index (Phi) is 6.55. The van der Waals surface area contributed by atoms with E-state index in [1.165, 1.54) is 11.3 Å². The number of hydrogen-bond donors (Lipinski definition) is 2. The maximum absolute atomic E-state index is 12.1. The Balaban J connectivity index is 0.00000200. The van der Waals surface area contributed by atoms with Gasteiger partial charge in [-0.05, 0) is 26.1 Å². The zero-order chi connectivity index (χ0) is 14.0. The molecule has 0 radical (unpaired) electrons. The van der Waals surface area contributed by atoms with Crippen LogP contribution in [0.2, 0.25) is 10.0 Å². The van der Waals surface area contributed by atoms with Crippen LogP contribution >= 0.6 is 46.9 Å². The van der Waals surface area contributed by atoms with Crippen LogP contribution in [0.4, 0.5) is 0 Å². The van der Waals surface area contributed by atoms with E-state index in [9.17, 15) is 4.79 Å². The molecule has 1 aromatic heterocycles. The molecule has 20 heavy (non-hydrogen) atoms. The van der Waals surface area contributed by atoms with Crippen molar-refractivity contribution in [2.24, 2.45) is 0 Å². The number of nitrogens with one attached hydrogen (secondary N) is 2. The summed E-state index contributed by atoms with van der Waals surface area (Å²) in [6, 6.07) is 5.64. The summed E-state index contributed by atoms with van der Waals surface area (Å²) in [6.07, 6.45) is 0. The third kappa shape index (κ3) is 3.77. The van der Waals surface area contributed by atoms with E-state index in [1.807, 2.05) is 26.1 Å². The summed E-state index contributed by atoms with van der Waals surface area (Å²) in [6.45, 7) is 2.55. The summed E-state index contributed by atoms with van der Waals surface area (Å²) in [5.41, 5.74) is 0. The molecule has 0 spiro atoms. The quantitative estimate of drug-likeness (QED) is 0.873. The summed E-state index contributed by atoms with van der Waals surface area (Å²) in [5, 5.41) is 7.91. The molecule has 1 amide bonds. The van der Waals surface area contributed by atoms with Gasteiger partial charge in [0.15, 0.2) is 0 Å². The maximum Gasteiger partial charge on any atom is 0.262 e. The lowest BCUT2D eigenvalue weighted by atomic mass is 10.2. The fourth-order valence-corrected chi connectivity index (χ4v) is 3.32. The minimum atomic E-state index is -0.149. The van der Waals surface area contributed by atoms with Crippen molar-refractivity contribution < 1.29 is 4.79 Å². The molecule has 1 unspecified atom stereocenters. The third-order valence-electron chi connectivity index (χ3n) is 2.86. The number of thiophene rings is 1. The van der Waals surface area contributed by atoms with Crippen molar-refractivity contribution in [3.63, 3.8) is 0 Å². The summed E-state index contributed by atoms with van der Waals surface area (Å²) in [4.78, 5) is 12.6. The van der Waals surface area contributed by atoms with Crippen molar-refractivity contribution in [2.75, 3.05) is 13.6 Å². The number of likely N-dealkylation sites (N-methyl/N-ethyl adjacent to an activating group) is 1. The molecule has 7 heteroatoms. The van der Waals surface area contributed by atoms with Crippen LogP contribution in [0, 0.1) is 0 Å². The molecule has 1 heterocycles. The second-order valence-corrected chi connectivity index (χ2v) is 6.15. The molecular weight excluding hydrogens is 339 g/mol. The molecule has 3 nitrogen and oxygen atoms in total. The first-order valence-corrected chi connectivity index (χ1v) is 7.43. The smallest absolute Gasteiger partial charge is 0.262 e. The molecule has 1 aromatic carbocycles. The maximum atomic E-state index is 12.1. The highest BCUT2D eigenvalue weighted by atomic mass is 35.5. The van der Waals surface area contributed by atoms with Gasteiger partial charge in [-0.1, -0.05) is 29.3 Å². The van der Waals surface area contributed by atoms with Crippen molar-refractivity contribution >= 4 is 62.9 Å². The summed E-state index contributed by atoms with van der Waals surface area (Å²) >= 11 is 13.5. The molecule has 110 valence electrons. The molecule has 2 N–H and O–H groups in total. The lowest BCUT2D eigenvalue weighted by Crippen LogP contribution is -2.36. The Hall–Kier alpha value is -0.520. The monoisotopic (exact) mass is 352 g/mol. The Labute approximate surface area is 138 Å². The number of amides is 1. The number of carbonyl (C=O) groups is 1. The minimum Gasteiger partial charge on any atom is -0.350 e. The largest absolute Gasteiger partial charge is 0.350 e. The van der Waals surface area contributed by atoms with E-state index in [0.717, 1.165) is 10.1 Å². The molecular formula is C13H15Cl3N2OS. The molecule has 0 saturated carbocycles. The van der Waals surface area contributed by atoms with Crippen LogP contribution < -0.4 is 10.6 Å². The lowest BCUT2D eigenvalue weighted by Gasteiger charge is -2.10. The normalized spacial score (nSPS) is 12.0. The molecule has 2 rings (SSSR count). The van der Waals surface area contributed by atoms with E-state index in [0.29, 0.717) is 21.5 Å². The topological polar surface area (TPSA) is 41.1 Å². The molecule has 2 aromatic rings. The van der Waals surface area contributed by atoms with E-state index in [-0.39, 0.29) is 24.4 Å². The second-order valence-electron chi connectivity index (χ2n) is 4.29. The van der Waals surface area contributed by atoms with Crippen molar-refractivity contribution in [3.8, 4) is 0 Å².